The van der Waals surface area contributed by atoms with Crippen LogP contribution in [0.15, 0.2) is 46.4 Å². The Bertz CT molecular complexity index is 1470. The van der Waals surface area contributed by atoms with Crippen molar-refractivity contribution in [2.45, 2.75) is 11.3 Å². The maximum Gasteiger partial charge on any atom is 0.278 e. The number of aromatic nitrogens is 2. The van der Waals surface area contributed by atoms with Gasteiger partial charge in [-0.25, -0.2) is 18.4 Å². The summed E-state index contributed by atoms with van der Waals surface area (Å²) >= 11 is 1.23. The van der Waals surface area contributed by atoms with Gasteiger partial charge in [0, 0.05) is 38.9 Å². The van der Waals surface area contributed by atoms with Crippen molar-refractivity contribution in [1.82, 2.24) is 24.2 Å². The Labute approximate surface area is 250 Å². The van der Waals surface area contributed by atoms with E-state index in [1.165, 1.54) is 41.9 Å². The molecular formula is C27H37N7O6S2. The van der Waals surface area contributed by atoms with Crippen molar-refractivity contribution < 1.29 is 27.4 Å². The number of morpholine rings is 1. The number of anilines is 1. The highest BCUT2D eigenvalue weighted by Gasteiger charge is 2.23. The standard InChI is InChI=1S/C27H37N7O6S2/c1-32(2)12-5-16-40-23-11-10-22-26(29-23)41-27(28-22)30-25(35)24(31-34-14-18-39-19-15-34)20-6-8-21(9-7-20)42(36,37)33(3)13-17-38-4/h6-11H,5,12-19H2,1-4H3,(H,28,30,35). The van der Waals surface area contributed by atoms with E-state index in [9.17, 15) is 13.2 Å². The normalized spacial score (nSPS) is 14.6. The molecule has 13 nitrogen and oxygen atoms in total. The quantitative estimate of drug-likeness (QED) is 0.211. The van der Waals surface area contributed by atoms with E-state index in [-0.39, 0.29) is 23.8 Å². The van der Waals surface area contributed by atoms with Crippen molar-refractivity contribution in [2.75, 3.05) is 86.2 Å². The largest absolute Gasteiger partial charge is 0.478 e. The van der Waals surface area contributed by atoms with Gasteiger partial charge in [0.05, 0.1) is 44.4 Å². The van der Waals surface area contributed by atoms with Crippen LogP contribution in [-0.4, -0.2) is 125 Å². The lowest BCUT2D eigenvalue weighted by Crippen LogP contribution is -2.35. The van der Waals surface area contributed by atoms with Gasteiger partial charge in [0.2, 0.25) is 15.9 Å². The number of fused-ring (bicyclic) bond motifs is 1. The summed E-state index contributed by atoms with van der Waals surface area (Å²) in [5, 5.41) is 9.58. The van der Waals surface area contributed by atoms with Crippen molar-refractivity contribution in [1.29, 1.82) is 0 Å². The van der Waals surface area contributed by atoms with Crippen LogP contribution in [-0.2, 0) is 24.3 Å². The van der Waals surface area contributed by atoms with Crippen LogP contribution in [0, 0.1) is 0 Å². The Morgan fingerprint density at radius 2 is 1.81 bits per heavy atom. The average molecular weight is 620 g/mol. The lowest BCUT2D eigenvalue weighted by atomic mass is 10.1. The number of nitrogens with one attached hydrogen (secondary N) is 1. The number of hydrazone groups is 1. The zero-order chi connectivity index (χ0) is 30.1. The van der Waals surface area contributed by atoms with Gasteiger partial charge in [-0.1, -0.05) is 23.5 Å². The molecule has 0 bridgehead atoms. The molecule has 1 amide bonds. The molecule has 0 radical (unpaired) electrons. The SMILES string of the molecule is COCCN(C)S(=O)(=O)c1ccc(C(=NN2CCOCC2)C(=O)Nc2nc3ccc(OCCCN(C)C)nc3s2)cc1. The number of likely N-dealkylation sites (N-methyl/N-ethyl adjacent to an activating group) is 1. The smallest absolute Gasteiger partial charge is 0.278 e. The number of ether oxygens (including phenoxy) is 3. The van der Waals surface area contributed by atoms with Crippen molar-refractivity contribution >= 4 is 48.5 Å². The Morgan fingerprint density at radius 1 is 1.07 bits per heavy atom. The first-order valence-electron chi connectivity index (χ1n) is 13.5. The van der Waals surface area contributed by atoms with Gasteiger partial charge in [0.1, 0.15) is 10.3 Å². The molecule has 2 aromatic heterocycles. The Balaban J connectivity index is 1.53. The van der Waals surface area contributed by atoms with Gasteiger partial charge in [-0.2, -0.15) is 9.41 Å². The number of pyridine rings is 1. The number of carbonyl (C=O) groups excluding carboxylic acids is 1. The molecule has 1 N–H and O–H groups in total. The molecule has 0 unspecified atom stereocenters. The Morgan fingerprint density at radius 3 is 2.50 bits per heavy atom. The van der Waals surface area contributed by atoms with E-state index in [4.69, 9.17) is 14.2 Å². The molecule has 1 aromatic carbocycles. The minimum absolute atomic E-state index is 0.105. The summed E-state index contributed by atoms with van der Waals surface area (Å²) < 4.78 is 43.3. The molecule has 1 aliphatic heterocycles. The number of carbonyl (C=O) groups is 1. The number of benzene rings is 1. The van der Waals surface area contributed by atoms with Crippen LogP contribution in [0.3, 0.4) is 0 Å². The predicted octanol–water partition coefficient (Wildman–Crippen LogP) is 1.96. The highest BCUT2D eigenvalue weighted by atomic mass is 32.2. The van der Waals surface area contributed by atoms with Gasteiger partial charge >= 0.3 is 0 Å². The first-order valence-corrected chi connectivity index (χ1v) is 15.8. The van der Waals surface area contributed by atoms with Crippen molar-refractivity contribution in [3.8, 4) is 5.88 Å². The number of amides is 1. The zero-order valence-electron chi connectivity index (χ0n) is 24.3. The van der Waals surface area contributed by atoms with Gasteiger partial charge in [0.25, 0.3) is 5.91 Å². The van der Waals surface area contributed by atoms with Crippen molar-refractivity contribution in [2.24, 2.45) is 5.10 Å². The Kier molecular flexibility index (Phi) is 11.2. The second-order valence-corrected chi connectivity index (χ2v) is 12.8. The molecule has 1 aliphatic rings. The fraction of sp³-hybridized carbons (Fsp3) is 0.481. The first-order chi connectivity index (χ1) is 20.2. The number of hydrogen-bond acceptors (Lipinski definition) is 12. The number of sulfonamides is 1. The van der Waals surface area contributed by atoms with Crippen LogP contribution in [0.25, 0.3) is 10.3 Å². The molecular weight excluding hydrogens is 582 g/mol. The zero-order valence-corrected chi connectivity index (χ0v) is 25.9. The van der Waals surface area contributed by atoms with E-state index in [1.807, 2.05) is 14.1 Å². The van der Waals surface area contributed by atoms with E-state index in [1.54, 1.807) is 29.3 Å². The summed E-state index contributed by atoms with van der Waals surface area (Å²) in [7, 11) is 3.31. The lowest BCUT2D eigenvalue weighted by molar-refractivity contribution is -0.110. The summed E-state index contributed by atoms with van der Waals surface area (Å²) in [6, 6.07) is 9.67. The van der Waals surface area contributed by atoms with Crippen molar-refractivity contribution in [3.05, 3.63) is 42.0 Å². The first kappa shape index (κ1) is 31.7. The van der Waals surface area contributed by atoms with E-state index in [0.717, 1.165) is 13.0 Å². The monoisotopic (exact) mass is 619 g/mol. The minimum Gasteiger partial charge on any atom is -0.478 e. The van der Waals surface area contributed by atoms with Crippen LogP contribution in [0.4, 0.5) is 5.13 Å². The third-order valence-corrected chi connectivity index (χ3v) is 9.09. The number of rotatable bonds is 14. The van der Waals surface area contributed by atoms with Gasteiger partial charge in [0.15, 0.2) is 10.8 Å². The molecule has 0 atom stereocenters. The van der Waals surface area contributed by atoms with Crippen LogP contribution in [0.5, 0.6) is 5.88 Å². The van der Waals surface area contributed by atoms with E-state index >= 15 is 0 Å². The molecule has 0 spiro atoms. The summed E-state index contributed by atoms with van der Waals surface area (Å²) in [5.74, 6) is 0.0220. The third kappa shape index (κ3) is 8.42. The fourth-order valence-electron chi connectivity index (χ4n) is 3.98. The van der Waals surface area contributed by atoms with E-state index in [2.05, 4.69) is 25.3 Å². The van der Waals surface area contributed by atoms with Gasteiger partial charge < -0.3 is 19.1 Å². The minimum atomic E-state index is -3.72. The molecule has 42 heavy (non-hydrogen) atoms. The highest BCUT2D eigenvalue weighted by Crippen LogP contribution is 2.27. The molecule has 4 rings (SSSR count). The molecule has 3 aromatic rings. The summed E-state index contributed by atoms with van der Waals surface area (Å²) in [5.41, 5.74) is 1.23. The number of nitrogens with zero attached hydrogens (tertiary/aromatic N) is 6. The van der Waals surface area contributed by atoms with Crippen LogP contribution >= 0.6 is 11.3 Å². The fourth-order valence-corrected chi connectivity index (χ4v) is 5.96. The topological polar surface area (TPSA) is 139 Å². The lowest BCUT2D eigenvalue weighted by Gasteiger charge is -2.25. The summed E-state index contributed by atoms with van der Waals surface area (Å²) in [6.07, 6.45) is 0.874. The van der Waals surface area contributed by atoms with Gasteiger partial charge in [-0.3, -0.25) is 15.1 Å². The Hall–Kier alpha value is -3.21. The molecule has 15 heteroatoms. The molecule has 0 saturated carbocycles. The molecule has 1 fully saturated rings. The predicted molar refractivity (Wildman–Crippen MR) is 162 cm³/mol. The summed E-state index contributed by atoms with van der Waals surface area (Å²) in [4.78, 5) is 25.4. The highest BCUT2D eigenvalue weighted by molar-refractivity contribution is 7.89. The number of thiazole rings is 1. The number of methoxy groups -OCH3 is 1. The van der Waals surface area contributed by atoms with Crippen LogP contribution in [0.2, 0.25) is 0 Å². The number of hydrogen-bond donors (Lipinski definition) is 1. The van der Waals surface area contributed by atoms with Crippen LogP contribution < -0.4 is 10.1 Å². The van der Waals surface area contributed by atoms with E-state index in [0.29, 0.717) is 59.8 Å². The van der Waals surface area contributed by atoms with Gasteiger partial charge in [-0.05, 0) is 38.7 Å². The second-order valence-electron chi connectivity index (χ2n) is 9.81. The third-order valence-electron chi connectivity index (χ3n) is 6.34. The van der Waals surface area contributed by atoms with E-state index < -0.39 is 15.9 Å². The maximum absolute atomic E-state index is 13.5. The molecule has 0 aliphatic carbocycles. The van der Waals surface area contributed by atoms with Crippen molar-refractivity contribution in [3.63, 3.8) is 0 Å². The molecule has 1 saturated heterocycles. The second kappa shape index (κ2) is 14.8. The van der Waals surface area contributed by atoms with Crippen LogP contribution in [0.1, 0.15) is 12.0 Å². The molecule has 228 valence electrons. The summed E-state index contributed by atoms with van der Waals surface area (Å²) in [6.45, 7) is 3.98. The molecule has 3 heterocycles. The maximum atomic E-state index is 13.5. The van der Waals surface area contributed by atoms with Gasteiger partial charge in [-0.15, -0.1) is 0 Å². The average Bonchev–Trinajstić information content (AvgIpc) is 3.38.